The van der Waals surface area contributed by atoms with E-state index in [-0.39, 0.29) is 0 Å². The summed E-state index contributed by atoms with van der Waals surface area (Å²) in [6.07, 6.45) is 1.79. The normalized spacial score (nSPS) is 11.9. The summed E-state index contributed by atoms with van der Waals surface area (Å²) in [7, 11) is 0. The second-order valence-corrected chi connectivity index (χ2v) is 6.16. The molecule has 19 heavy (non-hydrogen) atoms. The predicted molar refractivity (Wildman–Crippen MR) is 78.7 cm³/mol. The lowest BCUT2D eigenvalue weighted by Gasteiger charge is -2.25. The van der Waals surface area contributed by atoms with Crippen molar-refractivity contribution in [2.75, 3.05) is 0 Å². The molecule has 0 saturated carbocycles. The van der Waals surface area contributed by atoms with Crippen LogP contribution in [0.3, 0.4) is 0 Å². The molecule has 3 nitrogen and oxygen atoms in total. The lowest BCUT2D eigenvalue weighted by Crippen LogP contribution is -2.32. The van der Waals surface area contributed by atoms with E-state index in [1.807, 2.05) is 20.8 Å². The summed E-state index contributed by atoms with van der Waals surface area (Å²) in [6.45, 7) is 5.92. The fraction of sp³-hybridized carbons (Fsp3) is 0.467. The minimum Gasteiger partial charge on any atom is -0.481 e. The molecule has 0 aliphatic carbocycles. The number of nitrogens with zero attached hydrogens (tertiary/aromatic N) is 1. The van der Waals surface area contributed by atoms with Crippen molar-refractivity contribution in [3.63, 3.8) is 0 Å². The number of benzene rings is 1. The fourth-order valence-corrected chi connectivity index (χ4v) is 3.42. The highest BCUT2D eigenvalue weighted by Gasteiger charge is 2.35. The van der Waals surface area contributed by atoms with Gasteiger partial charge in [-0.3, -0.25) is 4.79 Å². The van der Waals surface area contributed by atoms with E-state index in [2.05, 4.69) is 23.2 Å². The lowest BCUT2D eigenvalue weighted by molar-refractivity contribution is -0.149. The molecule has 0 amide bonds. The Bertz CT molecular complexity index is 599. The SMILES string of the molecule is CCC(CC)(Cc1nc2cc(C)ccc2s1)C(=O)O. The fourth-order valence-electron chi connectivity index (χ4n) is 2.33. The van der Waals surface area contributed by atoms with Gasteiger partial charge in [0.05, 0.1) is 20.6 Å². The second-order valence-electron chi connectivity index (χ2n) is 5.05. The summed E-state index contributed by atoms with van der Waals surface area (Å²) in [5.74, 6) is -0.715. The van der Waals surface area contributed by atoms with Gasteiger partial charge in [0.25, 0.3) is 0 Å². The number of aryl methyl sites for hydroxylation is 1. The summed E-state index contributed by atoms with van der Waals surface area (Å²) in [6, 6.07) is 6.18. The molecule has 1 aromatic heterocycles. The monoisotopic (exact) mass is 277 g/mol. The Labute approximate surface area is 117 Å². The molecule has 0 bridgehead atoms. The zero-order valence-electron chi connectivity index (χ0n) is 11.6. The number of aliphatic carboxylic acids is 1. The van der Waals surface area contributed by atoms with E-state index < -0.39 is 11.4 Å². The number of hydrogen-bond acceptors (Lipinski definition) is 3. The van der Waals surface area contributed by atoms with Crippen LogP contribution in [0, 0.1) is 12.3 Å². The van der Waals surface area contributed by atoms with E-state index >= 15 is 0 Å². The number of hydrogen-bond donors (Lipinski definition) is 1. The van der Waals surface area contributed by atoms with E-state index in [9.17, 15) is 9.90 Å². The standard InChI is InChI=1S/C15H19NO2S/c1-4-15(5-2,14(17)18)9-13-16-11-8-10(3)6-7-12(11)19-13/h6-8H,4-5,9H2,1-3H3,(H,17,18). The Balaban J connectivity index is 2.36. The molecule has 0 spiro atoms. The van der Waals surface area contributed by atoms with Crippen LogP contribution in [0.25, 0.3) is 10.2 Å². The van der Waals surface area contributed by atoms with Crippen molar-refractivity contribution in [1.29, 1.82) is 0 Å². The van der Waals surface area contributed by atoms with Crippen molar-refractivity contribution in [1.82, 2.24) is 4.98 Å². The van der Waals surface area contributed by atoms with Gasteiger partial charge in [0.1, 0.15) is 0 Å². The van der Waals surface area contributed by atoms with Crippen LogP contribution in [0.15, 0.2) is 18.2 Å². The van der Waals surface area contributed by atoms with Crippen LogP contribution in [-0.4, -0.2) is 16.1 Å². The van der Waals surface area contributed by atoms with Gasteiger partial charge in [-0.2, -0.15) is 0 Å². The molecule has 1 N–H and O–H groups in total. The molecule has 2 rings (SSSR count). The predicted octanol–water partition coefficient (Wildman–Crippen LogP) is 4.04. The molecule has 1 heterocycles. The first kappa shape index (κ1) is 14.0. The van der Waals surface area contributed by atoms with Crippen LogP contribution in [0.4, 0.5) is 0 Å². The Kier molecular flexibility index (Phi) is 3.90. The topological polar surface area (TPSA) is 50.2 Å². The van der Waals surface area contributed by atoms with Crippen LogP contribution in [0.2, 0.25) is 0 Å². The lowest BCUT2D eigenvalue weighted by atomic mass is 9.79. The van der Waals surface area contributed by atoms with E-state index in [1.54, 1.807) is 11.3 Å². The van der Waals surface area contributed by atoms with Crippen LogP contribution in [-0.2, 0) is 11.2 Å². The van der Waals surface area contributed by atoms with Gasteiger partial charge >= 0.3 is 5.97 Å². The third-order valence-electron chi connectivity index (χ3n) is 3.88. The largest absolute Gasteiger partial charge is 0.481 e. The quantitative estimate of drug-likeness (QED) is 0.897. The molecule has 0 aliphatic heterocycles. The van der Waals surface area contributed by atoms with Crippen molar-refractivity contribution in [3.8, 4) is 0 Å². The molecule has 0 fully saturated rings. The number of carboxylic acids is 1. The van der Waals surface area contributed by atoms with Gasteiger partial charge in [0, 0.05) is 6.42 Å². The highest BCUT2D eigenvalue weighted by atomic mass is 32.1. The number of carboxylic acid groups (broad SMARTS) is 1. The molecule has 0 atom stereocenters. The maximum atomic E-state index is 11.5. The van der Waals surface area contributed by atoms with Crippen LogP contribution < -0.4 is 0 Å². The molecular weight excluding hydrogens is 258 g/mol. The molecular formula is C15H19NO2S. The van der Waals surface area contributed by atoms with Gasteiger partial charge in [-0.15, -0.1) is 11.3 Å². The minimum atomic E-state index is -0.715. The van der Waals surface area contributed by atoms with E-state index in [0.29, 0.717) is 19.3 Å². The Hall–Kier alpha value is -1.42. The smallest absolute Gasteiger partial charge is 0.310 e. The first-order chi connectivity index (χ1) is 9.00. The summed E-state index contributed by atoms with van der Waals surface area (Å²) in [5, 5.41) is 10.4. The maximum absolute atomic E-state index is 11.5. The summed E-state index contributed by atoms with van der Waals surface area (Å²) < 4.78 is 1.13. The van der Waals surface area contributed by atoms with Gasteiger partial charge in [-0.1, -0.05) is 19.9 Å². The zero-order chi connectivity index (χ0) is 14.0. The van der Waals surface area contributed by atoms with E-state index in [0.717, 1.165) is 15.2 Å². The minimum absolute atomic E-state index is 0.522. The first-order valence-electron chi connectivity index (χ1n) is 6.60. The summed E-state index contributed by atoms with van der Waals surface area (Å²) in [5.41, 5.74) is 1.48. The Morgan fingerprint density at radius 1 is 1.37 bits per heavy atom. The zero-order valence-corrected chi connectivity index (χ0v) is 12.4. The number of thiazole rings is 1. The second kappa shape index (κ2) is 5.29. The van der Waals surface area contributed by atoms with E-state index in [4.69, 9.17) is 0 Å². The maximum Gasteiger partial charge on any atom is 0.310 e. The number of carbonyl (C=O) groups is 1. The third kappa shape index (κ3) is 2.63. The average molecular weight is 277 g/mol. The molecule has 1 aromatic carbocycles. The average Bonchev–Trinajstić information content (AvgIpc) is 2.77. The molecule has 4 heteroatoms. The van der Waals surface area contributed by atoms with Gasteiger partial charge < -0.3 is 5.11 Å². The highest BCUT2D eigenvalue weighted by Crippen LogP contribution is 2.34. The van der Waals surface area contributed by atoms with Gasteiger partial charge in [0.2, 0.25) is 0 Å². The van der Waals surface area contributed by atoms with Gasteiger partial charge in [-0.05, 0) is 37.5 Å². The van der Waals surface area contributed by atoms with Crippen molar-refractivity contribution >= 4 is 27.5 Å². The van der Waals surface area contributed by atoms with E-state index in [1.165, 1.54) is 5.56 Å². The molecule has 0 saturated heterocycles. The van der Waals surface area contributed by atoms with Crippen molar-refractivity contribution in [2.24, 2.45) is 5.41 Å². The van der Waals surface area contributed by atoms with Crippen molar-refractivity contribution in [2.45, 2.75) is 40.0 Å². The molecule has 0 radical (unpaired) electrons. The third-order valence-corrected chi connectivity index (χ3v) is 4.92. The van der Waals surface area contributed by atoms with Crippen LogP contribution in [0.1, 0.15) is 37.3 Å². The number of fused-ring (bicyclic) bond motifs is 1. The molecule has 102 valence electrons. The van der Waals surface area contributed by atoms with Gasteiger partial charge in [0.15, 0.2) is 0 Å². The van der Waals surface area contributed by atoms with Crippen molar-refractivity contribution in [3.05, 3.63) is 28.8 Å². The summed E-state index contributed by atoms with van der Waals surface area (Å²) in [4.78, 5) is 16.1. The van der Waals surface area contributed by atoms with Gasteiger partial charge in [-0.25, -0.2) is 4.98 Å². The summed E-state index contributed by atoms with van der Waals surface area (Å²) >= 11 is 1.61. The number of aromatic nitrogens is 1. The van der Waals surface area contributed by atoms with Crippen molar-refractivity contribution < 1.29 is 9.90 Å². The Morgan fingerprint density at radius 2 is 2.05 bits per heavy atom. The molecule has 2 aromatic rings. The number of rotatable bonds is 5. The highest BCUT2D eigenvalue weighted by molar-refractivity contribution is 7.18. The Morgan fingerprint density at radius 3 is 2.63 bits per heavy atom. The van der Waals surface area contributed by atoms with Crippen LogP contribution >= 0.6 is 11.3 Å². The first-order valence-corrected chi connectivity index (χ1v) is 7.42. The molecule has 0 unspecified atom stereocenters. The van der Waals surface area contributed by atoms with Crippen LogP contribution in [0.5, 0.6) is 0 Å². The molecule has 0 aliphatic rings.